The summed E-state index contributed by atoms with van der Waals surface area (Å²) >= 11 is 0. The zero-order valence-corrected chi connectivity index (χ0v) is 23.7. The van der Waals surface area contributed by atoms with Crippen LogP contribution in [0, 0.1) is 0 Å². The van der Waals surface area contributed by atoms with E-state index in [1.807, 2.05) is 104 Å². The molecule has 0 aliphatic carbocycles. The number of ether oxygens (including phenoxy) is 1. The summed E-state index contributed by atoms with van der Waals surface area (Å²) in [5.74, 6) is -0.537. The maximum atomic E-state index is 13.2. The van der Waals surface area contributed by atoms with Crippen LogP contribution < -0.4 is 4.90 Å². The average Bonchev–Trinajstić information content (AvgIpc) is 3.33. The Morgan fingerprint density at radius 2 is 1.52 bits per heavy atom. The summed E-state index contributed by atoms with van der Waals surface area (Å²) in [5, 5.41) is 11.7. The first kappa shape index (κ1) is 28.3. The zero-order chi connectivity index (χ0) is 29.6. The molecule has 1 amide bonds. The van der Waals surface area contributed by atoms with Gasteiger partial charge in [-0.1, -0.05) is 66.7 Å². The topological polar surface area (TPSA) is 98.2 Å². The number of aliphatic imine (C=N–C) groups is 1. The third-order valence-electron chi connectivity index (χ3n) is 6.82. The molecule has 0 aliphatic rings. The fourth-order valence-electron chi connectivity index (χ4n) is 4.81. The van der Waals surface area contributed by atoms with E-state index in [1.165, 1.54) is 7.11 Å². The molecule has 0 unspecified atom stereocenters. The summed E-state index contributed by atoms with van der Waals surface area (Å²) in [5.41, 5.74) is 5.28. The molecular formula is C34H32N4O4. The molecule has 0 bridgehead atoms. The molecule has 0 atom stereocenters. The lowest BCUT2D eigenvalue weighted by molar-refractivity contribution is -0.119. The number of aromatic amines is 1. The molecule has 8 heteroatoms. The molecule has 212 valence electrons. The number of carbonyl (C=O) groups is 2. The van der Waals surface area contributed by atoms with Crippen LogP contribution in [0.1, 0.15) is 27.0 Å². The van der Waals surface area contributed by atoms with E-state index in [9.17, 15) is 14.7 Å². The minimum Gasteiger partial charge on any atom is -0.494 e. The number of hydrogen-bond donors (Lipinski definition) is 2. The first-order valence-electron chi connectivity index (χ1n) is 13.5. The standard InChI is InChI=1S/C34H32N4O4/c1-37(2)22-30(39)38(21-23-10-6-4-7-11-23)27-17-15-26(16-18-27)35-32(24-12-8-5-9-13-24)31-28-19-14-25(34(41)42-3)20-29(28)36-33(31)40/h4-20,36,40H,21-22H2,1-3H3. The highest BCUT2D eigenvalue weighted by molar-refractivity contribution is 6.22. The molecule has 5 aromatic rings. The smallest absolute Gasteiger partial charge is 0.337 e. The molecule has 42 heavy (non-hydrogen) atoms. The Kier molecular flexibility index (Phi) is 8.45. The lowest BCUT2D eigenvalue weighted by Gasteiger charge is -2.25. The summed E-state index contributed by atoms with van der Waals surface area (Å²) in [6.45, 7) is 0.727. The van der Waals surface area contributed by atoms with Crippen molar-refractivity contribution in [2.24, 2.45) is 4.99 Å². The van der Waals surface area contributed by atoms with Gasteiger partial charge in [0.15, 0.2) is 5.88 Å². The van der Waals surface area contributed by atoms with Gasteiger partial charge < -0.3 is 24.6 Å². The number of nitrogens with one attached hydrogen (secondary N) is 1. The first-order chi connectivity index (χ1) is 20.3. The molecule has 0 saturated heterocycles. The molecule has 0 aliphatic heterocycles. The van der Waals surface area contributed by atoms with E-state index in [4.69, 9.17) is 9.73 Å². The molecule has 5 rings (SSSR count). The molecular weight excluding hydrogens is 528 g/mol. The van der Waals surface area contributed by atoms with Gasteiger partial charge in [0.2, 0.25) is 5.91 Å². The highest BCUT2D eigenvalue weighted by Crippen LogP contribution is 2.33. The molecule has 1 heterocycles. The van der Waals surface area contributed by atoms with Crippen LogP contribution in [0.2, 0.25) is 0 Å². The van der Waals surface area contributed by atoms with Crippen LogP contribution in [0.15, 0.2) is 108 Å². The number of rotatable bonds is 9. The highest BCUT2D eigenvalue weighted by Gasteiger charge is 2.21. The predicted molar refractivity (Wildman–Crippen MR) is 166 cm³/mol. The molecule has 0 saturated carbocycles. The number of esters is 1. The van der Waals surface area contributed by atoms with Crippen LogP contribution in [-0.4, -0.2) is 60.3 Å². The van der Waals surface area contributed by atoms with Crippen molar-refractivity contribution in [2.45, 2.75) is 6.54 Å². The summed E-state index contributed by atoms with van der Waals surface area (Å²) in [6, 6.07) is 32.0. The molecule has 2 N–H and O–H groups in total. The second-order valence-corrected chi connectivity index (χ2v) is 10.1. The minimum atomic E-state index is -0.463. The van der Waals surface area contributed by atoms with Crippen molar-refractivity contribution >= 4 is 39.9 Å². The van der Waals surface area contributed by atoms with Gasteiger partial charge in [-0.2, -0.15) is 0 Å². The Labute approximate surface area is 244 Å². The number of aromatic nitrogens is 1. The van der Waals surface area contributed by atoms with E-state index < -0.39 is 5.97 Å². The molecule has 8 nitrogen and oxygen atoms in total. The lowest BCUT2D eigenvalue weighted by atomic mass is 10.00. The van der Waals surface area contributed by atoms with E-state index in [1.54, 1.807) is 23.1 Å². The van der Waals surface area contributed by atoms with E-state index in [2.05, 4.69) is 4.98 Å². The summed E-state index contributed by atoms with van der Waals surface area (Å²) < 4.78 is 4.85. The normalized spacial score (nSPS) is 11.6. The van der Waals surface area contributed by atoms with Crippen molar-refractivity contribution in [1.82, 2.24) is 9.88 Å². The van der Waals surface area contributed by atoms with Crippen molar-refractivity contribution in [3.63, 3.8) is 0 Å². The zero-order valence-electron chi connectivity index (χ0n) is 23.7. The van der Waals surface area contributed by atoms with E-state index >= 15 is 0 Å². The fraction of sp³-hybridized carbons (Fsp3) is 0.147. The van der Waals surface area contributed by atoms with Crippen LogP contribution in [0.25, 0.3) is 10.9 Å². The molecule has 0 fully saturated rings. The van der Waals surface area contributed by atoms with Crippen LogP contribution in [0.4, 0.5) is 11.4 Å². The Bertz CT molecular complexity index is 1730. The van der Waals surface area contributed by atoms with Gasteiger partial charge in [0.05, 0.1) is 42.7 Å². The molecule has 0 radical (unpaired) electrons. The van der Waals surface area contributed by atoms with E-state index in [0.29, 0.717) is 40.0 Å². The van der Waals surface area contributed by atoms with Crippen LogP contribution >= 0.6 is 0 Å². The number of carbonyl (C=O) groups excluding carboxylic acids is 2. The summed E-state index contributed by atoms with van der Waals surface area (Å²) in [4.78, 5) is 36.8. The number of benzene rings is 4. The third-order valence-corrected chi connectivity index (χ3v) is 6.82. The average molecular weight is 561 g/mol. The second-order valence-electron chi connectivity index (χ2n) is 10.1. The van der Waals surface area contributed by atoms with Gasteiger partial charge in [0.1, 0.15) is 0 Å². The highest BCUT2D eigenvalue weighted by atomic mass is 16.5. The van der Waals surface area contributed by atoms with E-state index in [-0.39, 0.29) is 18.3 Å². The van der Waals surface area contributed by atoms with Crippen LogP contribution in [0.3, 0.4) is 0 Å². The fourth-order valence-corrected chi connectivity index (χ4v) is 4.81. The van der Waals surface area contributed by atoms with Crippen molar-refractivity contribution in [3.05, 3.63) is 125 Å². The van der Waals surface area contributed by atoms with Crippen molar-refractivity contribution in [3.8, 4) is 5.88 Å². The number of hydrogen-bond acceptors (Lipinski definition) is 6. The first-order valence-corrected chi connectivity index (χ1v) is 13.5. The Balaban J connectivity index is 1.55. The van der Waals surface area contributed by atoms with Gasteiger partial charge in [-0.15, -0.1) is 0 Å². The van der Waals surface area contributed by atoms with Gasteiger partial charge in [0.25, 0.3) is 0 Å². The quantitative estimate of drug-likeness (QED) is 0.172. The lowest BCUT2D eigenvalue weighted by Crippen LogP contribution is -2.37. The molecule has 4 aromatic carbocycles. The van der Waals surface area contributed by atoms with Gasteiger partial charge in [0, 0.05) is 22.2 Å². The predicted octanol–water partition coefficient (Wildman–Crippen LogP) is 5.92. The molecule has 1 aromatic heterocycles. The van der Waals surface area contributed by atoms with Crippen molar-refractivity contribution in [1.29, 1.82) is 0 Å². The van der Waals surface area contributed by atoms with Crippen molar-refractivity contribution in [2.75, 3.05) is 32.6 Å². The SMILES string of the molecule is COC(=O)c1ccc2c(C(=Nc3ccc(N(Cc4ccccc4)C(=O)CN(C)C)cc3)c3ccccc3)c(O)[nH]c2c1. The molecule has 0 spiro atoms. The van der Waals surface area contributed by atoms with Gasteiger partial charge in [-0.25, -0.2) is 9.79 Å². The second kappa shape index (κ2) is 12.5. The monoisotopic (exact) mass is 560 g/mol. The largest absolute Gasteiger partial charge is 0.494 e. The van der Waals surface area contributed by atoms with E-state index in [0.717, 1.165) is 16.8 Å². The number of methoxy groups -OCH3 is 1. The number of H-pyrrole nitrogens is 1. The maximum absolute atomic E-state index is 13.2. The number of likely N-dealkylation sites (N-methyl/N-ethyl adjacent to an activating group) is 1. The number of fused-ring (bicyclic) bond motifs is 1. The van der Waals surface area contributed by atoms with Crippen LogP contribution in [-0.2, 0) is 16.1 Å². The number of amides is 1. The van der Waals surface area contributed by atoms with Crippen molar-refractivity contribution < 1.29 is 19.4 Å². The number of anilines is 1. The summed E-state index contributed by atoms with van der Waals surface area (Å²) in [6.07, 6.45) is 0. The number of nitrogens with zero attached hydrogens (tertiary/aromatic N) is 3. The Morgan fingerprint density at radius 1 is 0.857 bits per heavy atom. The van der Waals surface area contributed by atoms with Gasteiger partial charge in [-0.3, -0.25) is 4.79 Å². The third kappa shape index (κ3) is 6.24. The van der Waals surface area contributed by atoms with Crippen LogP contribution in [0.5, 0.6) is 5.88 Å². The number of aromatic hydroxyl groups is 1. The Hall–Kier alpha value is -5.21. The summed E-state index contributed by atoms with van der Waals surface area (Å²) in [7, 11) is 5.07. The Morgan fingerprint density at radius 3 is 2.17 bits per heavy atom. The van der Waals surface area contributed by atoms with Gasteiger partial charge >= 0.3 is 5.97 Å². The van der Waals surface area contributed by atoms with Gasteiger partial charge in [-0.05, 0) is 56.1 Å². The minimum absolute atomic E-state index is 0.0138. The maximum Gasteiger partial charge on any atom is 0.337 e.